The Morgan fingerprint density at radius 1 is 0.484 bits per heavy atom. The molecule has 0 unspecified atom stereocenters. The van der Waals surface area contributed by atoms with Gasteiger partial charge in [-0.25, -0.2) is 21.6 Å². The molecule has 0 heterocycles. The fraction of sp³-hybridized carbons (Fsp3) is 0. The van der Waals surface area contributed by atoms with Crippen LogP contribution in [0.2, 0.25) is 0 Å². The first-order chi connectivity index (χ1) is 27.0. The molecule has 2 amide bonds. The van der Waals surface area contributed by atoms with Crippen LogP contribution in [0.3, 0.4) is 0 Å². The molecule has 0 saturated carbocycles. The van der Waals surface area contributed by atoms with Gasteiger partial charge < -0.3 is 30.0 Å². The number of carbonyl (C=O) groups excluding carboxylic acids is 1. The van der Waals surface area contributed by atoms with E-state index in [0.29, 0.717) is 0 Å². The minimum Gasteiger partial charge on any atom is -0.871 e. The van der Waals surface area contributed by atoms with Gasteiger partial charge in [0.25, 0.3) is 20.2 Å². The first-order valence-electron chi connectivity index (χ1n) is 15.5. The Kier molecular flexibility index (Phi) is 19.5. The summed E-state index contributed by atoms with van der Waals surface area (Å²) in [6.45, 7) is 0. The van der Waals surface area contributed by atoms with Gasteiger partial charge in [0.15, 0.2) is 0 Å². The summed E-state index contributed by atoms with van der Waals surface area (Å²) < 4.78 is 136. The quantitative estimate of drug-likeness (QED) is 0.0563. The molecule has 0 saturated heterocycles. The summed E-state index contributed by atoms with van der Waals surface area (Å²) >= 11 is 0. The van der Waals surface area contributed by atoms with Crippen LogP contribution in [0.5, 0.6) is 11.5 Å². The zero-order valence-electron chi connectivity index (χ0n) is 32.4. The first kappa shape index (κ1) is 55.7. The summed E-state index contributed by atoms with van der Waals surface area (Å²) in [6, 6.07) is 16.1. The number of carbonyl (C=O) groups is 1. The number of anilines is 2. The molecule has 6 rings (SSSR count). The van der Waals surface area contributed by atoms with Crippen LogP contribution in [0.25, 0.3) is 21.5 Å². The molecule has 62 heavy (non-hydrogen) atoms. The van der Waals surface area contributed by atoms with E-state index in [1.54, 1.807) is 0 Å². The molecule has 0 aliphatic heterocycles. The van der Waals surface area contributed by atoms with Crippen LogP contribution < -0.4 is 139 Å². The number of rotatable bonds is 10. The van der Waals surface area contributed by atoms with Gasteiger partial charge in [-0.1, -0.05) is 23.6 Å². The maximum atomic E-state index is 13.3. The predicted octanol–water partition coefficient (Wildman–Crippen LogP) is -7.07. The molecule has 21 nitrogen and oxygen atoms in total. The third-order valence-electron chi connectivity index (χ3n) is 7.92. The van der Waals surface area contributed by atoms with Crippen LogP contribution in [0.15, 0.2) is 137 Å². The van der Waals surface area contributed by atoms with Gasteiger partial charge in [0.2, 0.25) is 0 Å². The van der Waals surface area contributed by atoms with E-state index >= 15 is 0 Å². The molecule has 29 heteroatoms. The molecule has 0 aliphatic rings. The van der Waals surface area contributed by atoms with Gasteiger partial charge in [-0.05, 0) is 106 Å². The maximum absolute atomic E-state index is 13.3. The van der Waals surface area contributed by atoms with Crippen LogP contribution >= 0.6 is 0 Å². The number of nitrogens with zero attached hydrogens (tertiary/aromatic N) is 4. The normalized spacial score (nSPS) is 11.9. The van der Waals surface area contributed by atoms with Crippen LogP contribution in [-0.4, -0.2) is 57.9 Å². The zero-order valence-corrected chi connectivity index (χ0v) is 43.6. The number of azo groups is 2. The van der Waals surface area contributed by atoms with Crippen LogP contribution in [0.4, 0.5) is 38.9 Å². The molecule has 0 bridgehead atoms. The Morgan fingerprint density at radius 3 is 1.10 bits per heavy atom. The van der Waals surface area contributed by atoms with Gasteiger partial charge in [0.05, 0.1) is 32.5 Å². The third kappa shape index (κ3) is 13.3. The monoisotopic (exact) mass is 960 g/mol. The summed E-state index contributed by atoms with van der Waals surface area (Å²) in [6.07, 6.45) is 0. The number of urea groups is 1. The third-order valence-corrected chi connectivity index (χ3v) is 11.3. The van der Waals surface area contributed by atoms with Crippen molar-refractivity contribution in [1.82, 2.24) is 0 Å². The molecule has 0 aliphatic carbocycles. The minimum absolute atomic E-state index is 0. The van der Waals surface area contributed by atoms with Crippen molar-refractivity contribution in [3.05, 3.63) is 97.1 Å². The molecule has 0 spiro atoms. The van der Waals surface area contributed by atoms with Crippen molar-refractivity contribution >= 4 is 102 Å². The molecule has 0 radical (unpaired) electrons. The van der Waals surface area contributed by atoms with E-state index in [9.17, 15) is 66.9 Å². The minimum atomic E-state index is -5.10. The summed E-state index contributed by atoms with van der Waals surface area (Å²) in [7, 11) is -19.7. The van der Waals surface area contributed by atoms with Crippen molar-refractivity contribution in [2.24, 2.45) is 20.5 Å². The largest absolute Gasteiger partial charge is 1.00 e. The fourth-order valence-electron chi connectivity index (χ4n) is 5.28. The van der Waals surface area contributed by atoms with Gasteiger partial charge in [-0.2, -0.15) is 27.1 Å². The van der Waals surface area contributed by atoms with E-state index in [2.05, 4.69) is 31.1 Å². The molecular formula is C33H20N6Na4O15S4. The summed E-state index contributed by atoms with van der Waals surface area (Å²) in [5.74, 6) is -2.00. The first-order valence-corrected chi connectivity index (χ1v) is 21.2. The molecule has 0 aromatic heterocycles. The Bertz CT molecular complexity index is 3000. The van der Waals surface area contributed by atoms with E-state index in [1.807, 2.05) is 0 Å². The second kappa shape index (κ2) is 21.7. The van der Waals surface area contributed by atoms with Gasteiger partial charge in [-0.15, -0.1) is 10.2 Å². The fourth-order valence-corrected chi connectivity index (χ4v) is 7.53. The van der Waals surface area contributed by atoms with Crippen molar-refractivity contribution < 1.29 is 185 Å². The molecular weight excluding hydrogens is 941 g/mol. The van der Waals surface area contributed by atoms with Crippen molar-refractivity contribution in [3.8, 4) is 11.5 Å². The van der Waals surface area contributed by atoms with Crippen molar-refractivity contribution in [2.45, 2.75) is 19.6 Å². The molecule has 0 fully saturated rings. The number of hydrogen-bond acceptors (Lipinski definition) is 17. The molecule has 300 valence electrons. The van der Waals surface area contributed by atoms with Gasteiger partial charge in [0, 0.05) is 11.4 Å². The van der Waals surface area contributed by atoms with E-state index < -0.39 is 89.0 Å². The number of amides is 2. The zero-order chi connectivity index (χ0) is 42.4. The van der Waals surface area contributed by atoms with Gasteiger partial charge in [-0.3, -0.25) is 9.11 Å². The average molecular weight is 961 g/mol. The Labute approximate surface area is 440 Å². The number of nitrogens with one attached hydrogen (secondary N) is 2. The van der Waals surface area contributed by atoms with Gasteiger partial charge in [0.1, 0.15) is 30.0 Å². The molecule has 0 atom stereocenters. The van der Waals surface area contributed by atoms with Crippen molar-refractivity contribution in [2.75, 3.05) is 10.6 Å². The van der Waals surface area contributed by atoms with Crippen molar-refractivity contribution in [3.63, 3.8) is 0 Å². The Morgan fingerprint density at radius 2 is 0.806 bits per heavy atom. The van der Waals surface area contributed by atoms with Crippen LogP contribution in [0, 0.1) is 0 Å². The summed E-state index contributed by atoms with van der Waals surface area (Å²) in [5.41, 5.74) is -1.74. The second-order valence-electron chi connectivity index (χ2n) is 11.8. The molecule has 4 N–H and O–H groups in total. The Balaban J connectivity index is 0.00000331. The van der Waals surface area contributed by atoms with E-state index in [-0.39, 0.29) is 163 Å². The Hall–Kier alpha value is -2.45. The smallest absolute Gasteiger partial charge is 0.871 e. The van der Waals surface area contributed by atoms with E-state index in [0.717, 1.165) is 60.7 Å². The standard InChI is InChI=1S/C33H24N6O15S4.4Na/c40-31-25-11-5-21(13-17(25)15-27(57(49,50)51)29(31)38-36-19-1-7-23(8-2-19)55(43,44)45)34-33(42)35-22-6-12-26-18(14-22)16-28(58(52,53)54)30(32(26)41)39-37-20-3-9-24(10-4-20)56(46,47)48;;;;/h1-16,40-41H,(H2,34,35,42)(H,43,44,45)(H,46,47,48)(H,49,50,51)(H,52,53,54);;;;/q;4*+1/p-4. The predicted molar refractivity (Wildman–Crippen MR) is 196 cm³/mol. The number of fused-ring (bicyclic) bond motifs is 2. The SMILES string of the molecule is O=C(Nc1ccc2c([O-])c(N=Nc3ccc(S(=O)(=O)[O-])cc3)c(S(=O)(=O)O)cc2c1)Nc1ccc2c([O-])c(N=Nc3ccc(S(=O)(=O)[O-])cc3)c(S(=O)(=O)O)cc2c1.[Na+].[Na+].[Na+].[Na+]. The number of hydrogen-bond donors (Lipinski definition) is 4. The van der Waals surface area contributed by atoms with Crippen molar-refractivity contribution in [1.29, 1.82) is 0 Å². The molecule has 6 aromatic rings. The second-order valence-corrected chi connectivity index (χ2v) is 17.3. The van der Waals surface area contributed by atoms with Crippen LogP contribution in [-0.2, 0) is 40.5 Å². The van der Waals surface area contributed by atoms with E-state index in [4.69, 9.17) is 0 Å². The van der Waals surface area contributed by atoms with Crippen LogP contribution in [0.1, 0.15) is 0 Å². The average Bonchev–Trinajstić information content (AvgIpc) is 3.12. The van der Waals surface area contributed by atoms with Gasteiger partial charge >= 0.3 is 124 Å². The molecule has 6 aromatic carbocycles. The summed E-state index contributed by atoms with van der Waals surface area (Å²) in [4.78, 5) is 9.90. The maximum Gasteiger partial charge on any atom is 1.00 e. The van der Waals surface area contributed by atoms with E-state index in [1.165, 1.54) is 36.4 Å². The topological polar surface area (TPSA) is 360 Å². The summed E-state index contributed by atoms with van der Waals surface area (Å²) in [5, 5.41) is 45.8. The number of benzene rings is 6.